The summed E-state index contributed by atoms with van der Waals surface area (Å²) in [7, 11) is 1.52. The normalized spacial score (nSPS) is 19.3. The minimum Gasteiger partial charge on any atom is -0.395 e. The lowest BCUT2D eigenvalue weighted by molar-refractivity contribution is -0.130. The molecule has 2 amide bonds. The van der Waals surface area contributed by atoms with Crippen LogP contribution in [-0.2, 0) is 9.53 Å². The first-order valence-electron chi connectivity index (χ1n) is 5.97. The van der Waals surface area contributed by atoms with E-state index in [1.165, 1.54) is 11.9 Å². The van der Waals surface area contributed by atoms with E-state index in [-0.39, 0.29) is 24.1 Å². The average molecular weight is 267 g/mol. The summed E-state index contributed by atoms with van der Waals surface area (Å²) in [5, 5.41) is 9.08. The van der Waals surface area contributed by atoms with Crippen molar-refractivity contribution in [3.63, 3.8) is 0 Å². The lowest BCUT2D eigenvalue weighted by Crippen LogP contribution is -2.55. The molecular formula is C11H17N5O3. The fourth-order valence-electron chi connectivity index (χ4n) is 1.97. The predicted molar refractivity (Wildman–Crippen MR) is 67.4 cm³/mol. The van der Waals surface area contributed by atoms with Crippen molar-refractivity contribution in [2.75, 3.05) is 32.5 Å². The largest absolute Gasteiger partial charge is 0.395 e. The molecule has 4 N–H and O–H groups in total. The SMILES string of the molecule is CNC(=O)C1COCCN1C(=O)c1n[nH]c(C)c1N. The van der Waals surface area contributed by atoms with E-state index >= 15 is 0 Å². The van der Waals surface area contributed by atoms with Crippen LogP contribution in [0.1, 0.15) is 16.2 Å². The second-order valence-electron chi connectivity index (χ2n) is 4.31. The van der Waals surface area contributed by atoms with Crippen LogP contribution in [0.4, 0.5) is 5.69 Å². The van der Waals surface area contributed by atoms with E-state index in [1.54, 1.807) is 6.92 Å². The van der Waals surface area contributed by atoms with Crippen LogP contribution in [-0.4, -0.2) is 59.8 Å². The van der Waals surface area contributed by atoms with Gasteiger partial charge in [-0.1, -0.05) is 0 Å². The molecule has 8 heteroatoms. The van der Waals surface area contributed by atoms with Crippen LogP contribution in [0.2, 0.25) is 0 Å². The Kier molecular flexibility index (Phi) is 3.70. The lowest BCUT2D eigenvalue weighted by Gasteiger charge is -2.33. The molecule has 1 atom stereocenters. The van der Waals surface area contributed by atoms with E-state index in [9.17, 15) is 9.59 Å². The molecule has 1 aliphatic rings. The van der Waals surface area contributed by atoms with Crippen LogP contribution in [0.3, 0.4) is 0 Å². The van der Waals surface area contributed by atoms with Crippen molar-refractivity contribution in [2.45, 2.75) is 13.0 Å². The van der Waals surface area contributed by atoms with E-state index in [2.05, 4.69) is 15.5 Å². The fourth-order valence-corrected chi connectivity index (χ4v) is 1.97. The van der Waals surface area contributed by atoms with Gasteiger partial charge in [-0.25, -0.2) is 0 Å². The predicted octanol–water partition coefficient (Wildman–Crippen LogP) is -1.11. The summed E-state index contributed by atoms with van der Waals surface area (Å²) >= 11 is 0. The van der Waals surface area contributed by atoms with Gasteiger partial charge in [-0.3, -0.25) is 14.7 Å². The van der Waals surface area contributed by atoms with Gasteiger partial charge in [-0.2, -0.15) is 5.10 Å². The number of H-pyrrole nitrogens is 1. The molecule has 1 fully saturated rings. The number of anilines is 1. The molecule has 0 spiro atoms. The molecule has 19 heavy (non-hydrogen) atoms. The number of hydrogen-bond donors (Lipinski definition) is 3. The number of nitrogen functional groups attached to an aromatic ring is 1. The van der Waals surface area contributed by atoms with E-state index < -0.39 is 6.04 Å². The average Bonchev–Trinajstić information content (AvgIpc) is 2.77. The van der Waals surface area contributed by atoms with E-state index in [0.29, 0.717) is 24.5 Å². The van der Waals surface area contributed by atoms with E-state index in [4.69, 9.17) is 10.5 Å². The molecule has 1 saturated heterocycles. The van der Waals surface area contributed by atoms with Crippen LogP contribution in [0, 0.1) is 6.92 Å². The highest BCUT2D eigenvalue weighted by Crippen LogP contribution is 2.18. The zero-order chi connectivity index (χ0) is 14.0. The van der Waals surface area contributed by atoms with Crippen molar-refractivity contribution in [1.82, 2.24) is 20.4 Å². The van der Waals surface area contributed by atoms with Crippen molar-refractivity contribution in [2.24, 2.45) is 0 Å². The molecule has 0 saturated carbocycles. The molecule has 8 nitrogen and oxygen atoms in total. The summed E-state index contributed by atoms with van der Waals surface area (Å²) in [5.41, 5.74) is 6.88. The summed E-state index contributed by atoms with van der Waals surface area (Å²) in [6.07, 6.45) is 0. The highest BCUT2D eigenvalue weighted by atomic mass is 16.5. The number of aromatic amines is 1. The number of ether oxygens (including phenoxy) is 1. The van der Waals surface area contributed by atoms with Gasteiger partial charge in [0.25, 0.3) is 5.91 Å². The van der Waals surface area contributed by atoms with Gasteiger partial charge in [-0.05, 0) is 6.92 Å². The third-order valence-corrected chi connectivity index (χ3v) is 3.14. The summed E-state index contributed by atoms with van der Waals surface area (Å²) in [6, 6.07) is -0.650. The van der Waals surface area contributed by atoms with Gasteiger partial charge in [0.15, 0.2) is 5.69 Å². The molecule has 0 aliphatic carbocycles. The third-order valence-electron chi connectivity index (χ3n) is 3.14. The number of rotatable bonds is 2. The van der Waals surface area contributed by atoms with E-state index in [1.807, 2.05) is 0 Å². The summed E-state index contributed by atoms with van der Waals surface area (Å²) in [5.74, 6) is -0.627. The topological polar surface area (TPSA) is 113 Å². The Hall–Kier alpha value is -2.09. The van der Waals surface area contributed by atoms with Gasteiger partial charge in [0.1, 0.15) is 6.04 Å². The molecule has 1 aromatic heterocycles. The van der Waals surface area contributed by atoms with Crippen molar-refractivity contribution in [3.8, 4) is 0 Å². The van der Waals surface area contributed by atoms with Gasteiger partial charge in [0.2, 0.25) is 5.91 Å². The standard InChI is InChI=1S/C11H17N5O3/c1-6-8(12)9(15-14-6)11(18)16-3-4-19-5-7(16)10(17)13-2/h7H,3-5,12H2,1-2H3,(H,13,17)(H,14,15). The molecule has 1 unspecified atom stereocenters. The Morgan fingerprint density at radius 2 is 2.32 bits per heavy atom. The maximum atomic E-state index is 12.4. The first kappa shape index (κ1) is 13.3. The van der Waals surface area contributed by atoms with Crippen molar-refractivity contribution in [1.29, 1.82) is 0 Å². The summed E-state index contributed by atoms with van der Waals surface area (Å²) in [4.78, 5) is 25.6. The zero-order valence-electron chi connectivity index (χ0n) is 10.9. The number of nitrogens with one attached hydrogen (secondary N) is 2. The Morgan fingerprint density at radius 1 is 1.58 bits per heavy atom. The molecule has 2 rings (SSSR count). The summed E-state index contributed by atoms with van der Waals surface area (Å²) in [6.45, 7) is 2.63. The highest BCUT2D eigenvalue weighted by Gasteiger charge is 2.34. The fraction of sp³-hybridized carbons (Fsp3) is 0.545. The molecule has 2 heterocycles. The minimum atomic E-state index is -0.650. The quantitative estimate of drug-likeness (QED) is 0.628. The molecule has 1 aliphatic heterocycles. The molecule has 0 bridgehead atoms. The monoisotopic (exact) mass is 267 g/mol. The number of aryl methyl sites for hydroxylation is 1. The molecule has 104 valence electrons. The molecule has 1 aromatic rings. The maximum absolute atomic E-state index is 12.4. The number of amides is 2. The number of aromatic nitrogens is 2. The van der Waals surface area contributed by atoms with Gasteiger partial charge < -0.3 is 20.7 Å². The van der Waals surface area contributed by atoms with Crippen molar-refractivity contribution in [3.05, 3.63) is 11.4 Å². The van der Waals surface area contributed by atoms with Crippen LogP contribution < -0.4 is 11.1 Å². The van der Waals surface area contributed by atoms with Gasteiger partial charge >= 0.3 is 0 Å². The second-order valence-corrected chi connectivity index (χ2v) is 4.31. The molecular weight excluding hydrogens is 250 g/mol. The minimum absolute atomic E-state index is 0.147. The first-order chi connectivity index (χ1) is 9.06. The van der Waals surface area contributed by atoms with Crippen LogP contribution in [0.15, 0.2) is 0 Å². The number of likely N-dealkylation sites (N-methyl/N-ethyl adjacent to an activating group) is 1. The zero-order valence-corrected chi connectivity index (χ0v) is 10.9. The Morgan fingerprint density at radius 3 is 2.89 bits per heavy atom. The lowest BCUT2D eigenvalue weighted by atomic mass is 10.2. The Balaban J connectivity index is 2.25. The summed E-state index contributed by atoms with van der Waals surface area (Å²) < 4.78 is 5.24. The third kappa shape index (κ3) is 2.39. The number of nitrogens with zero attached hydrogens (tertiary/aromatic N) is 2. The highest BCUT2D eigenvalue weighted by molar-refractivity contribution is 6.00. The number of morpholine rings is 1. The number of hydrogen-bond acceptors (Lipinski definition) is 5. The van der Waals surface area contributed by atoms with Gasteiger partial charge in [-0.15, -0.1) is 0 Å². The molecule has 0 radical (unpaired) electrons. The van der Waals surface area contributed by atoms with Gasteiger partial charge in [0.05, 0.1) is 24.6 Å². The van der Waals surface area contributed by atoms with Crippen LogP contribution in [0.5, 0.6) is 0 Å². The number of nitrogens with two attached hydrogens (primary N) is 1. The Labute approximate surface area is 110 Å². The van der Waals surface area contributed by atoms with Crippen molar-refractivity contribution < 1.29 is 14.3 Å². The van der Waals surface area contributed by atoms with Crippen LogP contribution in [0.25, 0.3) is 0 Å². The first-order valence-corrected chi connectivity index (χ1v) is 5.97. The number of carbonyl (C=O) groups excluding carboxylic acids is 2. The maximum Gasteiger partial charge on any atom is 0.277 e. The second kappa shape index (κ2) is 5.27. The smallest absolute Gasteiger partial charge is 0.277 e. The van der Waals surface area contributed by atoms with Crippen LogP contribution >= 0.6 is 0 Å². The van der Waals surface area contributed by atoms with E-state index in [0.717, 1.165) is 0 Å². The number of carbonyl (C=O) groups is 2. The van der Waals surface area contributed by atoms with Gasteiger partial charge in [0, 0.05) is 13.6 Å². The molecule has 0 aromatic carbocycles. The Bertz CT molecular complexity index is 499. The van der Waals surface area contributed by atoms with Crippen molar-refractivity contribution >= 4 is 17.5 Å².